The van der Waals surface area contributed by atoms with Crippen LogP contribution in [0, 0.1) is 18.3 Å². The minimum atomic E-state index is -0.255. The van der Waals surface area contributed by atoms with E-state index in [1.807, 2.05) is 6.07 Å². The lowest BCUT2D eigenvalue weighted by Crippen LogP contribution is -2.12. The van der Waals surface area contributed by atoms with Crippen LogP contribution in [0.4, 0.5) is 0 Å². The number of aryl methyl sites for hydroxylation is 1. The van der Waals surface area contributed by atoms with Gasteiger partial charge in [-0.05, 0) is 6.92 Å². The Morgan fingerprint density at radius 1 is 1.60 bits per heavy atom. The Kier molecular flexibility index (Phi) is 2.06. The maximum absolute atomic E-state index is 11.2. The summed E-state index contributed by atoms with van der Waals surface area (Å²) in [6.07, 6.45) is 3.07. The van der Waals surface area contributed by atoms with E-state index in [-0.39, 0.29) is 11.4 Å². The highest BCUT2D eigenvalue weighted by Crippen LogP contribution is 2.04. The van der Waals surface area contributed by atoms with Crippen LogP contribution in [-0.2, 0) is 0 Å². The Labute approximate surface area is 84.9 Å². The lowest BCUT2D eigenvalue weighted by molar-refractivity contribution is 0.909. The predicted octanol–water partition coefficient (Wildman–Crippen LogP) is 0.136. The van der Waals surface area contributed by atoms with Crippen molar-refractivity contribution in [1.29, 1.82) is 5.26 Å². The van der Waals surface area contributed by atoms with E-state index in [0.717, 1.165) is 0 Å². The molecule has 0 aliphatic carbocycles. The Bertz CT molecular complexity index is 589. The van der Waals surface area contributed by atoms with Gasteiger partial charge >= 0.3 is 0 Å². The van der Waals surface area contributed by atoms with Crippen LogP contribution in [-0.4, -0.2) is 19.5 Å². The van der Waals surface area contributed by atoms with E-state index in [9.17, 15) is 4.79 Å². The lowest BCUT2D eigenvalue weighted by atomic mass is 10.5. The number of imidazole rings is 1. The SMILES string of the molecule is Cc1nc(-n2ccnc2C#N)cc(=O)[nH]1. The van der Waals surface area contributed by atoms with E-state index >= 15 is 0 Å². The largest absolute Gasteiger partial charge is 0.311 e. The first-order valence-corrected chi connectivity index (χ1v) is 4.22. The van der Waals surface area contributed by atoms with Crippen molar-refractivity contribution in [2.24, 2.45) is 0 Å². The lowest BCUT2D eigenvalue weighted by Gasteiger charge is -2.02. The smallest absolute Gasteiger partial charge is 0.253 e. The fourth-order valence-corrected chi connectivity index (χ4v) is 1.26. The molecule has 0 amide bonds. The van der Waals surface area contributed by atoms with Gasteiger partial charge in [0.05, 0.1) is 0 Å². The van der Waals surface area contributed by atoms with Gasteiger partial charge in [-0.3, -0.25) is 9.36 Å². The van der Waals surface area contributed by atoms with Crippen LogP contribution in [0.3, 0.4) is 0 Å². The second kappa shape index (κ2) is 3.38. The monoisotopic (exact) mass is 201 g/mol. The molecule has 0 fully saturated rings. The van der Waals surface area contributed by atoms with E-state index < -0.39 is 0 Å². The molecule has 2 aromatic rings. The second-order valence-electron chi connectivity index (χ2n) is 2.92. The van der Waals surface area contributed by atoms with Crippen LogP contribution < -0.4 is 5.56 Å². The summed E-state index contributed by atoms with van der Waals surface area (Å²) in [6.45, 7) is 1.67. The van der Waals surface area contributed by atoms with Crippen LogP contribution in [0.5, 0.6) is 0 Å². The Hall–Kier alpha value is -2.42. The molecular weight excluding hydrogens is 194 g/mol. The summed E-state index contributed by atoms with van der Waals surface area (Å²) in [5, 5.41) is 8.76. The second-order valence-corrected chi connectivity index (χ2v) is 2.92. The predicted molar refractivity (Wildman–Crippen MR) is 51.4 cm³/mol. The van der Waals surface area contributed by atoms with Crippen LogP contribution >= 0.6 is 0 Å². The van der Waals surface area contributed by atoms with Crippen molar-refractivity contribution in [3.05, 3.63) is 40.5 Å². The molecule has 0 saturated carbocycles. The van der Waals surface area contributed by atoms with Crippen molar-refractivity contribution >= 4 is 0 Å². The summed E-state index contributed by atoms with van der Waals surface area (Å²) in [5.41, 5.74) is -0.255. The van der Waals surface area contributed by atoms with E-state index in [4.69, 9.17) is 5.26 Å². The van der Waals surface area contributed by atoms with Gasteiger partial charge in [0.15, 0.2) is 0 Å². The molecule has 0 aliphatic rings. The van der Waals surface area contributed by atoms with Crippen molar-refractivity contribution in [3.63, 3.8) is 0 Å². The summed E-state index contributed by atoms with van der Waals surface area (Å²) < 4.78 is 1.46. The van der Waals surface area contributed by atoms with E-state index in [2.05, 4.69) is 15.0 Å². The average molecular weight is 201 g/mol. The Balaban J connectivity index is 2.65. The summed E-state index contributed by atoms with van der Waals surface area (Å²) in [5.74, 6) is 1.09. The number of nitriles is 1. The van der Waals surface area contributed by atoms with Gasteiger partial charge in [0.25, 0.3) is 5.56 Å². The molecule has 0 saturated heterocycles. The maximum Gasteiger partial charge on any atom is 0.253 e. The molecule has 0 spiro atoms. The molecule has 6 heteroatoms. The molecule has 0 unspecified atom stereocenters. The number of hydrogen-bond donors (Lipinski definition) is 1. The molecule has 2 heterocycles. The van der Waals surface area contributed by atoms with E-state index in [1.165, 1.54) is 16.8 Å². The quantitative estimate of drug-likeness (QED) is 0.710. The fourth-order valence-electron chi connectivity index (χ4n) is 1.26. The minimum absolute atomic E-state index is 0.201. The number of nitrogens with zero attached hydrogens (tertiary/aromatic N) is 4. The third kappa shape index (κ3) is 1.62. The molecule has 15 heavy (non-hydrogen) atoms. The molecule has 0 atom stereocenters. The van der Waals surface area contributed by atoms with Crippen molar-refractivity contribution < 1.29 is 0 Å². The van der Waals surface area contributed by atoms with Crippen LogP contribution in [0.1, 0.15) is 11.6 Å². The van der Waals surface area contributed by atoms with Crippen molar-refractivity contribution in [1.82, 2.24) is 19.5 Å². The highest BCUT2D eigenvalue weighted by Gasteiger charge is 2.05. The maximum atomic E-state index is 11.2. The van der Waals surface area contributed by atoms with Crippen LogP contribution in [0.25, 0.3) is 5.82 Å². The van der Waals surface area contributed by atoms with Gasteiger partial charge < -0.3 is 4.98 Å². The molecule has 0 radical (unpaired) electrons. The number of rotatable bonds is 1. The number of aromatic amines is 1. The van der Waals surface area contributed by atoms with E-state index in [1.54, 1.807) is 13.1 Å². The number of H-pyrrole nitrogens is 1. The van der Waals surface area contributed by atoms with Crippen LogP contribution in [0.2, 0.25) is 0 Å². The van der Waals surface area contributed by atoms with E-state index in [0.29, 0.717) is 11.6 Å². The molecule has 6 nitrogen and oxygen atoms in total. The van der Waals surface area contributed by atoms with Gasteiger partial charge in [-0.1, -0.05) is 0 Å². The average Bonchev–Trinajstić information content (AvgIpc) is 2.63. The van der Waals surface area contributed by atoms with Crippen molar-refractivity contribution in [3.8, 4) is 11.9 Å². The van der Waals surface area contributed by atoms with Gasteiger partial charge in [-0.2, -0.15) is 5.26 Å². The molecular formula is C9H7N5O. The standard InChI is InChI=1S/C9H7N5O/c1-6-12-7(4-9(15)13-6)14-3-2-11-8(14)5-10/h2-4H,1H3,(H,12,13,15). The first-order valence-electron chi connectivity index (χ1n) is 4.22. The molecule has 2 rings (SSSR count). The Morgan fingerprint density at radius 2 is 2.40 bits per heavy atom. The summed E-state index contributed by atoms with van der Waals surface area (Å²) in [4.78, 5) is 21.6. The molecule has 0 bridgehead atoms. The van der Waals surface area contributed by atoms with Crippen LogP contribution in [0.15, 0.2) is 23.3 Å². The summed E-state index contributed by atoms with van der Waals surface area (Å²) in [7, 11) is 0. The highest BCUT2D eigenvalue weighted by atomic mass is 16.1. The Morgan fingerprint density at radius 3 is 3.07 bits per heavy atom. The first-order chi connectivity index (χ1) is 7.20. The molecule has 74 valence electrons. The molecule has 2 aromatic heterocycles. The molecule has 1 N–H and O–H groups in total. The first kappa shape index (κ1) is 9.15. The number of aromatic nitrogens is 4. The number of hydrogen-bond acceptors (Lipinski definition) is 4. The van der Waals surface area contributed by atoms with Gasteiger partial charge in [0.1, 0.15) is 17.7 Å². The zero-order valence-corrected chi connectivity index (χ0v) is 7.93. The van der Waals surface area contributed by atoms with Gasteiger partial charge in [-0.25, -0.2) is 9.97 Å². The van der Waals surface area contributed by atoms with Gasteiger partial charge in [0.2, 0.25) is 5.82 Å². The third-order valence-electron chi connectivity index (χ3n) is 1.83. The zero-order chi connectivity index (χ0) is 10.8. The summed E-state index contributed by atoms with van der Waals surface area (Å²) in [6, 6.07) is 3.23. The fraction of sp³-hybridized carbons (Fsp3) is 0.111. The number of nitrogens with one attached hydrogen (secondary N) is 1. The highest BCUT2D eigenvalue weighted by molar-refractivity contribution is 5.28. The topological polar surface area (TPSA) is 87.4 Å². The van der Waals surface area contributed by atoms with Crippen molar-refractivity contribution in [2.75, 3.05) is 0 Å². The molecule has 0 aromatic carbocycles. The van der Waals surface area contributed by atoms with Gasteiger partial charge in [0, 0.05) is 18.5 Å². The normalized spacial score (nSPS) is 9.87. The summed E-state index contributed by atoms with van der Waals surface area (Å²) >= 11 is 0. The van der Waals surface area contributed by atoms with Crippen molar-refractivity contribution in [2.45, 2.75) is 6.92 Å². The third-order valence-corrected chi connectivity index (χ3v) is 1.83. The minimum Gasteiger partial charge on any atom is -0.311 e. The zero-order valence-electron chi connectivity index (χ0n) is 7.93. The molecule has 0 aliphatic heterocycles. The van der Waals surface area contributed by atoms with Gasteiger partial charge in [-0.15, -0.1) is 0 Å².